The predicted molar refractivity (Wildman–Crippen MR) is 85.6 cm³/mol. The van der Waals surface area contributed by atoms with Crippen molar-refractivity contribution < 1.29 is 4.79 Å². The van der Waals surface area contributed by atoms with Gasteiger partial charge in [0.25, 0.3) is 0 Å². The third-order valence-corrected chi connectivity index (χ3v) is 5.40. The SMILES string of the molecule is CCCN(CC1CC1)C(=O)CSc1nnnn1C1CCCC1. The van der Waals surface area contributed by atoms with Gasteiger partial charge in [-0.1, -0.05) is 31.5 Å². The molecule has 0 spiro atoms. The lowest BCUT2D eigenvalue weighted by Crippen LogP contribution is -2.35. The summed E-state index contributed by atoms with van der Waals surface area (Å²) >= 11 is 1.49. The number of carbonyl (C=O) groups is 1. The second-order valence-electron chi connectivity index (χ2n) is 6.42. The van der Waals surface area contributed by atoms with Crippen LogP contribution in [0.1, 0.15) is 57.9 Å². The quantitative estimate of drug-likeness (QED) is 0.688. The van der Waals surface area contributed by atoms with E-state index in [0.29, 0.717) is 11.8 Å². The summed E-state index contributed by atoms with van der Waals surface area (Å²) in [5.41, 5.74) is 0. The van der Waals surface area contributed by atoms with Gasteiger partial charge >= 0.3 is 0 Å². The van der Waals surface area contributed by atoms with E-state index in [9.17, 15) is 4.79 Å². The van der Waals surface area contributed by atoms with Crippen molar-refractivity contribution in [1.82, 2.24) is 25.1 Å². The van der Waals surface area contributed by atoms with E-state index in [4.69, 9.17) is 0 Å². The summed E-state index contributed by atoms with van der Waals surface area (Å²) in [6.07, 6.45) is 8.37. The van der Waals surface area contributed by atoms with E-state index >= 15 is 0 Å². The molecule has 0 radical (unpaired) electrons. The van der Waals surface area contributed by atoms with Crippen molar-refractivity contribution >= 4 is 17.7 Å². The Labute approximate surface area is 136 Å². The van der Waals surface area contributed by atoms with Crippen molar-refractivity contribution in [1.29, 1.82) is 0 Å². The summed E-state index contributed by atoms with van der Waals surface area (Å²) < 4.78 is 1.93. The first-order valence-corrected chi connectivity index (χ1v) is 9.45. The average molecular weight is 323 g/mol. The lowest BCUT2D eigenvalue weighted by molar-refractivity contribution is -0.128. The molecule has 22 heavy (non-hydrogen) atoms. The van der Waals surface area contributed by atoms with Gasteiger partial charge in [-0.25, -0.2) is 4.68 Å². The van der Waals surface area contributed by atoms with Gasteiger partial charge in [-0.15, -0.1) is 5.10 Å². The molecule has 0 N–H and O–H groups in total. The van der Waals surface area contributed by atoms with Gasteiger partial charge in [-0.2, -0.15) is 0 Å². The van der Waals surface area contributed by atoms with Crippen molar-refractivity contribution in [3.8, 4) is 0 Å². The normalized spacial score (nSPS) is 18.8. The summed E-state index contributed by atoms with van der Waals surface area (Å²) in [7, 11) is 0. The Hall–Kier alpha value is -1.11. The van der Waals surface area contributed by atoms with Gasteiger partial charge in [-0.3, -0.25) is 4.79 Å². The number of carbonyl (C=O) groups excluding carboxylic acids is 1. The molecule has 2 saturated carbocycles. The van der Waals surface area contributed by atoms with Crippen LogP contribution in [-0.2, 0) is 4.79 Å². The molecule has 1 aromatic heterocycles. The topological polar surface area (TPSA) is 63.9 Å². The minimum absolute atomic E-state index is 0.222. The predicted octanol–water partition coefficient (Wildman–Crippen LogP) is 2.53. The fourth-order valence-corrected chi connectivity index (χ4v) is 3.92. The van der Waals surface area contributed by atoms with Crippen LogP contribution in [0.4, 0.5) is 0 Å². The number of hydrogen-bond donors (Lipinski definition) is 0. The van der Waals surface area contributed by atoms with Gasteiger partial charge in [0.2, 0.25) is 11.1 Å². The fourth-order valence-electron chi connectivity index (χ4n) is 3.08. The maximum Gasteiger partial charge on any atom is 0.233 e. The van der Waals surface area contributed by atoms with E-state index in [-0.39, 0.29) is 5.91 Å². The first-order chi connectivity index (χ1) is 10.8. The highest BCUT2D eigenvalue weighted by molar-refractivity contribution is 7.99. The van der Waals surface area contributed by atoms with Crippen LogP contribution in [0.25, 0.3) is 0 Å². The van der Waals surface area contributed by atoms with Crippen molar-refractivity contribution in [2.45, 2.75) is 63.1 Å². The molecule has 3 rings (SSSR count). The highest BCUT2D eigenvalue weighted by Gasteiger charge is 2.27. The Bertz CT molecular complexity index is 496. The van der Waals surface area contributed by atoms with E-state index in [1.165, 1.54) is 37.4 Å². The lowest BCUT2D eigenvalue weighted by Gasteiger charge is -2.21. The van der Waals surface area contributed by atoms with E-state index in [0.717, 1.165) is 43.4 Å². The third kappa shape index (κ3) is 4.00. The molecule has 7 heteroatoms. The number of thioether (sulfide) groups is 1. The Morgan fingerprint density at radius 2 is 2.09 bits per heavy atom. The Morgan fingerprint density at radius 3 is 2.77 bits per heavy atom. The number of aromatic nitrogens is 4. The molecule has 1 heterocycles. The Kier molecular flexibility index (Phi) is 5.33. The first kappa shape index (κ1) is 15.8. The van der Waals surface area contributed by atoms with Crippen LogP contribution >= 0.6 is 11.8 Å². The largest absolute Gasteiger partial charge is 0.342 e. The van der Waals surface area contributed by atoms with Gasteiger partial charge in [0, 0.05) is 13.1 Å². The Morgan fingerprint density at radius 1 is 1.32 bits per heavy atom. The first-order valence-electron chi connectivity index (χ1n) is 8.46. The number of amides is 1. The number of hydrogen-bond acceptors (Lipinski definition) is 5. The fraction of sp³-hybridized carbons (Fsp3) is 0.867. The van der Waals surface area contributed by atoms with E-state index in [1.807, 2.05) is 9.58 Å². The zero-order chi connectivity index (χ0) is 15.4. The molecule has 2 aliphatic rings. The molecule has 2 aliphatic carbocycles. The van der Waals surface area contributed by atoms with Crippen molar-refractivity contribution in [3.63, 3.8) is 0 Å². The number of nitrogens with zero attached hydrogens (tertiary/aromatic N) is 5. The Balaban J connectivity index is 1.54. The summed E-state index contributed by atoms with van der Waals surface area (Å²) in [5, 5.41) is 12.8. The number of rotatable bonds is 8. The van der Waals surface area contributed by atoms with Crippen LogP contribution in [0.3, 0.4) is 0 Å². The standard InChI is InChI=1S/C15H25N5OS/c1-2-9-19(10-12-7-8-12)14(21)11-22-15-16-17-18-20(15)13-5-3-4-6-13/h12-13H,2-11H2,1H3. The molecule has 1 aromatic rings. The van der Waals surface area contributed by atoms with E-state index in [2.05, 4.69) is 22.4 Å². The van der Waals surface area contributed by atoms with Crippen molar-refractivity contribution in [2.24, 2.45) is 5.92 Å². The minimum Gasteiger partial charge on any atom is -0.342 e. The second-order valence-corrected chi connectivity index (χ2v) is 7.36. The van der Waals surface area contributed by atoms with Crippen LogP contribution < -0.4 is 0 Å². The molecule has 0 aromatic carbocycles. The van der Waals surface area contributed by atoms with Gasteiger partial charge in [0.1, 0.15) is 0 Å². The van der Waals surface area contributed by atoms with E-state index in [1.54, 1.807) is 0 Å². The molecule has 122 valence electrons. The third-order valence-electron chi connectivity index (χ3n) is 4.48. The summed E-state index contributed by atoms with van der Waals surface area (Å²) in [6.45, 7) is 3.92. The molecule has 0 bridgehead atoms. The number of tetrazole rings is 1. The monoisotopic (exact) mass is 323 g/mol. The summed E-state index contributed by atoms with van der Waals surface area (Å²) in [5.74, 6) is 1.41. The maximum atomic E-state index is 12.5. The van der Waals surface area contributed by atoms with Crippen molar-refractivity contribution in [3.05, 3.63) is 0 Å². The highest BCUT2D eigenvalue weighted by atomic mass is 32.2. The van der Waals surface area contributed by atoms with Crippen molar-refractivity contribution in [2.75, 3.05) is 18.8 Å². The maximum absolute atomic E-state index is 12.5. The van der Waals surface area contributed by atoms with Crippen LogP contribution in [0.15, 0.2) is 5.16 Å². The van der Waals surface area contributed by atoms with Gasteiger partial charge in [-0.05, 0) is 48.4 Å². The molecule has 0 atom stereocenters. The van der Waals surface area contributed by atoms with Gasteiger partial charge in [0.05, 0.1) is 11.8 Å². The van der Waals surface area contributed by atoms with Crippen LogP contribution in [0.2, 0.25) is 0 Å². The van der Waals surface area contributed by atoms with Crippen LogP contribution in [0, 0.1) is 5.92 Å². The van der Waals surface area contributed by atoms with Crippen LogP contribution in [0.5, 0.6) is 0 Å². The molecule has 6 nitrogen and oxygen atoms in total. The molecule has 0 unspecified atom stereocenters. The van der Waals surface area contributed by atoms with Gasteiger partial charge in [0.15, 0.2) is 0 Å². The molecule has 2 fully saturated rings. The second kappa shape index (κ2) is 7.44. The minimum atomic E-state index is 0.222. The van der Waals surface area contributed by atoms with Crippen LogP contribution in [-0.4, -0.2) is 49.9 Å². The molecule has 0 saturated heterocycles. The zero-order valence-corrected chi connectivity index (χ0v) is 14.1. The smallest absolute Gasteiger partial charge is 0.233 e. The van der Waals surface area contributed by atoms with E-state index < -0.39 is 0 Å². The molecular weight excluding hydrogens is 298 g/mol. The summed E-state index contributed by atoms with van der Waals surface area (Å²) in [6, 6.07) is 0.422. The summed E-state index contributed by atoms with van der Waals surface area (Å²) in [4.78, 5) is 14.5. The highest BCUT2D eigenvalue weighted by Crippen LogP contribution is 2.32. The average Bonchev–Trinajstić information content (AvgIpc) is 3.01. The zero-order valence-electron chi connectivity index (χ0n) is 13.3. The molecular formula is C15H25N5OS. The molecule has 1 amide bonds. The molecule has 0 aliphatic heterocycles. The van der Waals surface area contributed by atoms with Gasteiger partial charge < -0.3 is 4.90 Å². The lowest BCUT2D eigenvalue weighted by atomic mass is 10.3.